The summed E-state index contributed by atoms with van der Waals surface area (Å²) in [5.41, 5.74) is 0.350. The minimum absolute atomic E-state index is 0.108. The van der Waals surface area contributed by atoms with Gasteiger partial charge < -0.3 is 14.3 Å². The predicted octanol–water partition coefficient (Wildman–Crippen LogP) is 2.06. The largest absolute Gasteiger partial charge is 0.445 e. The molecular formula is C14H11F3N6O2S. The number of carbonyl (C=O) groups is 1. The van der Waals surface area contributed by atoms with Gasteiger partial charge in [0.1, 0.15) is 0 Å². The fourth-order valence-corrected chi connectivity index (χ4v) is 3.41. The highest BCUT2D eigenvalue weighted by Crippen LogP contribution is 2.34. The van der Waals surface area contributed by atoms with Gasteiger partial charge in [0.2, 0.25) is 21.5 Å². The standard InChI is InChI=1S/C14H11F3N6O2S/c15-14(16,17)12-19-20-13(26-12)23-6-4-22(5-7-23)11(24)9-8-2-1-3-18-10(8)21-25-9/h1-3H,4-7H2. The Labute approximate surface area is 148 Å². The first-order chi connectivity index (χ1) is 12.4. The minimum atomic E-state index is -4.50. The van der Waals surface area contributed by atoms with Crippen LogP contribution in [0.1, 0.15) is 15.6 Å². The van der Waals surface area contributed by atoms with Gasteiger partial charge in [-0.1, -0.05) is 16.5 Å². The normalized spacial score (nSPS) is 15.7. The molecule has 4 heterocycles. The molecule has 1 amide bonds. The van der Waals surface area contributed by atoms with Crippen molar-refractivity contribution in [2.45, 2.75) is 6.18 Å². The highest BCUT2D eigenvalue weighted by Gasteiger charge is 2.37. The fourth-order valence-electron chi connectivity index (χ4n) is 2.64. The van der Waals surface area contributed by atoms with Crippen LogP contribution in [0.15, 0.2) is 22.9 Å². The average molecular weight is 384 g/mol. The van der Waals surface area contributed by atoms with E-state index in [1.165, 1.54) is 0 Å². The summed E-state index contributed by atoms with van der Waals surface area (Å²) < 4.78 is 43.0. The number of nitrogens with zero attached hydrogens (tertiary/aromatic N) is 6. The number of aromatic nitrogens is 4. The number of rotatable bonds is 2. The van der Waals surface area contributed by atoms with Gasteiger partial charge in [-0.25, -0.2) is 4.98 Å². The number of piperazine rings is 1. The average Bonchev–Trinajstić information content (AvgIpc) is 3.28. The third-order valence-electron chi connectivity index (χ3n) is 3.94. The van der Waals surface area contributed by atoms with Crippen molar-refractivity contribution in [2.75, 3.05) is 31.1 Å². The molecule has 0 radical (unpaired) electrons. The molecule has 0 bridgehead atoms. The molecule has 3 aromatic rings. The van der Waals surface area contributed by atoms with Gasteiger partial charge in [-0.05, 0) is 12.1 Å². The highest BCUT2D eigenvalue weighted by molar-refractivity contribution is 7.15. The van der Waals surface area contributed by atoms with Gasteiger partial charge in [-0.3, -0.25) is 4.79 Å². The molecule has 1 saturated heterocycles. The number of anilines is 1. The van der Waals surface area contributed by atoms with Gasteiger partial charge in [0.05, 0.1) is 5.39 Å². The smallest absolute Gasteiger partial charge is 0.348 e. The van der Waals surface area contributed by atoms with E-state index >= 15 is 0 Å². The Kier molecular flexibility index (Phi) is 3.98. The molecule has 4 rings (SSSR count). The molecule has 0 saturated carbocycles. The molecule has 136 valence electrons. The zero-order chi connectivity index (χ0) is 18.3. The van der Waals surface area contributed by atoms with E-state index in [4.69, 9.17) is 4.52 Å². The summed E-state index contributed by atoms with van der Waals surface area (Å²) in [6, 6.07) is 3.38. The van der Waals surface area contributed by atoms with Crippen molar-refractivity contribution >= 4 is 33.4 Å². The first-order valence-corrected chi connectivity index (χ1v) is 8.40. The van der Waals surface area contributed by atoms with Crippen LogP contribution < -0.4 is 4.90 Å². The van der Waals surface area contributed by atoms with Crippen LogP contribution in [0.4, 0.5) is 18.3 Å². The number of carbonyl (C=O) groups excluding carboxylic acids is 1. The van der Waals surface area contributed by atoms with E-state index in [9.17, 15) is 18.0 Å². The van der Waals surface area contributed by atoms with E-state index in [0.29, 0.717) is 48.5 Å². The molecule has 26 heavy (non-hydrogen) atoms. The predicted molar refractivity (Wildman–Crippen MR) is 84.8 cm³/mol. The lowest BCUT2D eigenvalue weighted by molar-refractivity contribution is -0.138. The Balaban J connectivity index is 1.45. The lowest BCUT2D eigenvalue weighted by Crippen LogP contribution is -2.48. The fraction of sp³-hybridized carbons (Fsp3) is 0.357. The van der Waals surface area contributed by atoms with Gasteiger partial charge in [-0.15, -0.1) is 10.2 Å². The molecule has 0 unspecified atom stereocenters. The molecule has 0 N–H and O–H groups in total. The molecular weight excluding hydrogens is 373 g/mol. The quantitative estimate of drug-likeness (QED) is 0.668. The first kappa shape index (κ1) is 16.7. The summed E-state index contributed by atoms with van der Waals surface area (Å²) in [4.78, 5) is 19.9. The molecule has 0 aromatic carbocycles. The third kappa shape index (κ3) is 2.96. The number of hydrogen-bond acceptors (Lipinski definition) is 8. The van der Waals surface area contributed by atoms with Crippen LogP contribution in [0.5, 0.6) is 0 Å². The Morgan fingerprint density at radius 1 is 1.19 bits per heavy atom. The van der Waals surface area contributed by atoms with Gasteiger partial charge >= 0.3 is 6.18 Å². The molecule has 1 fully saturated rings. The summed E-state index contributed by atoms with van der Waals surface area (Å²) in [6.07, 6.45) is -2.95. The highest BCUT2D eigenvalue weighted by atomic mass is 32.1. The van der Waals surface area contributed by atoms with Gasteiger partial charge in [0, 0.05) is 32.4 Å². The lowest BCUT2D eigenvalue weighted by Gasteiger charge is -2.33. The maximum absolute atomic E-state index is 12.6. The summed E-state index contributed by atoms with van der Waals surface area (Å²) in [7, 11) is 0. The summed E-state index contributed by atoms with van der Waals surface area (Å²) in [5.74, 6) is -0.217. The number of amides is 1. The van der Waals surface area contributed by atoms with E-state index in [2.05, 4.69) is 20.3 Å². The minimum Gasteiger partial charge on any atom is -0.348 e. The second-order valence-electron chi connectivity index (χ2n) is 5.55. The lowest BCUT2D eigenvalue weighted by atomic mass is 10.2. The van der Waals surface area contributed by atoms with E-state index in [1.54, 1.807) is 28.1 Å². The Bertz CT molecular complexity index is 947. The van der Waals surface area contributed by atoms with Crippen molar-refractivity contribution < 1.29 is 22.5 Å². The first-order valence-electron chi connectivity index (χ1n) is 7.59. The number of halogens is 3. The topological polar surface area (TPSA) is 88.3 Å². The van der Waals surface area contributed by atoms with E-state index in [-0.39, 0.29) is 16.8 Å². The number of alkyl halides is 3. The third-order valence-corrected chi connectivity index (χ3v) is 4.97. The van der Waals surface area contributed by atoms with E-state index in [1.807, 2.05) is 0 Å². The van der Waals surface area contributed by atoms with Crippen LogP contribution in [-0.4, -0.2) is 57.3 Å². The molecule has 0 atom stereocenters. The maximum Gasteiger partial charge on any atom is 0.445 e. The van der Waals surface area contributed by atoms with Crippen LogP contribution in [-0.2, 0) is 6.18 Å². The number of fused-ring (bicyclic) bond motifs is 1. The van der Waals surface area contributed by atoms with Crippen molar-refractivity contribution in [3.63, 3.8) is 0 Å². The molecule has 12 heteroatoms. The van der Waals surface area contributed by atoms with Crippen LogP contribution in [0, 0.1) is 0 Å². The van der Waals surface area contributed by atoms with Gasteiger partial charge in [0.25, 0.3) is 5.91 Å². The summed E-state index contributed by atoms with van der Waals surface area (Å²) in [5, 5.41) is 10.3. The molecule has 8 nitrogen and oxygen atoms in total. The van der Waals surface area contributed by atoms with Crippen molar-refractivity contribution in [3.05, 3.63) is 29.1 Å². The van der Waals surface area contributed by atoms with Gasteiger partial charge in [-0.2, -0.15) is 13.2 Å². The van der Waals surface area contributed by atoms with Crippen molar-refractivity contribution in [3.8, 4) is 0 Å². The monoisotopic (exact) mass is 384 g/mol. The Morgan fingerprint density at radius 3 is 2.65 bits per heavy atom. The van der Waals surface area contributed by atoms with Gasteiger partial charge in [0.15, 0.2) is 0 Å². The molecule has 3 aromatic heterocycles. The van der Waals surface area contributed by atoms with Crippen molar-refractivity contribution in [1.82, 2.24) is 25.2 Å². The summed E-state index contributed by atoms with van der Waals surface area (Å²) >= 11 is 0.494. The molecule has 0 aliphatic carbocycles. The second-order valence-corrected chi connectivity index (χ2v) is 6.51. The van der Waals surface area contributed by atoms with Crippen LogP contribution in [0.25, 0.3) is 11.0 Å². The van der Waals surface area contributed by atoms with Crippen LogP contribution in [0.3, 0.4) is 0 Å². The molecule has 1 aliphatic heterocycles. The maximum atomic E-state index is 12.6. The summed E-state index contributed by atoms with van der Waals surface area (Å²) in [6.45, 7) is 1.34. The number of pyridine rings is 1. The SMILES string of the molecule is O=C(c1onc2ncccc12)N1CCN(c2nnc(C(F)(F)F)s2)CC1. The zero-order valence-electron chi connectivity index (χ0n) is 13.1. The zero-order valence-corrected chi connectivity index (χ0v) is 13.9. The Hall–Kier alpha value is -2.76. The van der Waals surface area contributed by atoms with E-state index in [0.717, 1.165) is 0 Å². The van der Waals surface area contributed by atoms with Crippen LogP contribution in [0.2, 0.25) is 0 Å². The molecule has 0 spiro atoms. The molecule has 1 aliphatic rings. The van der Waals surface area contributed by atoms with Crippen LogP contribution >= 0.6 is 11.3 Å². The number of hydrogen-bond donors (Lipinski definition) is 0. The van der Waals surface area contributed by atoms with E-state index < -0.39 is 11.2 Å². The van der Waals surface area contributed by atoms with Crippen molar-refractivity contribution in [2.24, 2.45) is 0 Å². The Morgan fingerprint density at radius 2 is 1.96 bits per heavy atom. The second kappa shape index (κ2) is 6.20. The van der Waals surface area contributed by atoms with Crippen molar-refractivity contribution in [1.29, 1.82) is 0 Å².